The van der Waals surface area contributed by atoms with Crippen molar-refractivity contribution in [3.8, 4) is 5.75 Å². The van der Waals surface area contributed by atoms with Gasteiger partial charge in [-0.15, -0.1) is 0 Å². The van der Waals surface area contributed by atoms with E-state index in [9.17, 15) is 0 Å². The van der Waals surface area contributed by atoms with Crippen LogP contribution in [0.3, 0.4) is 0 Å². The second-order valence-corrected chi connectivity index (χ2v) is 5.30. The van der Waals surface area contributed by atoms with E-state index in [-0.39, 0.29) is 6.10 Å². The Hall–Kier alpha value is -2.68. The molecule has 2 aromatic heterocycles. The van der Waals surface area contributed by atoms with E-state index in [1.54, 1.807) is 0 Å². The van der Waals surface area contributed by atoms with E-state index in [0.717, 1.165) is 22.2 Å². The zero-order valence-electron chi connectivity index (χ0n) is 10.7. The Morgan fingerprint density at radius 3 is 2.95 bits per heavy atom. The minimum Gasteiger partial charge on any atom is -0.481 e. The summed E-state index contributed by atoms with van der Waals surface area (Å²) in [5.74, 6) is 0.938. The largest absolute Gasteiger partial charge is 0.481 e. The fourth-order valence-electron chi connectivity index (χ4n) is 3.03. The van der Waals surface area contributed by atoms with Gasteiger partial charge in [0.2, 0.25) is 0 Å². The van der Waals surface area contributed by atoms with Gasteiger partial charge in [-0.05, 0) is 47.2 Å². The van der Waals surface area contributed by atoms with Crippen LogP contribution in [0.15, 0.2) is 42.2 Å². The lowest BCUT2D eigenvalue weighted by atomic mass is 9.97. The molecule has 1 aliphatic carbocycles. The van der Waals surface area contributed by atoms with E-state index in [4.69, 9.17) is 4.74 Å². The number of hydrogen-bond donors (Lipinski definition) is 2. The molecule has 20 heavy (non-hydrogen) atoms. The molecule has 1 unspecified atom stereocenters. The van der Waals surface area contributed by atoms with Crippen molar-refractivity contribution < 1.29 is 4.74 Å². The van der Waals surface area contributed by atoms with Gasteiger partial charge in [0.15, 0.2) is 0 Å². The summed E-state index contributed by atoms with van der Waals surface area (Å²) in [5, 5.41) is 3.57. The number of nitrogens with one attached hydrogen (secondary N) is 2. The molecule has 0 radical (unpaired) electrons. The Bertz CT molecular complexity index is 988. The highest BCUT2D eigenvalue weighted by molar-refractivity contribution is 5.87. The first-order valence-corrected chi connectivity index (χ1v) is 6.73. The lowest BCUT2D eigenvalue weighted by Crippen LogP contribution is -2.34. The first-order valence-electron chi connectivity index (χ1n) is 6.73. The van der Waals surface area contributed by atoms with E-state index >= 15 is 0 Å². The SMILES string of the molecule is C1=C2C=c3cc[nH]c3=CC2Oc2cc3[nH]ccc3cc21. The van der Waals surface area contributed by atoms with Crippen LogP contribution in [0.2, 0.25) is 0 Å². The van der Waals surface area contributed by atoms with Crippen molar-refractivity contribution in [2.45, 2.75) is 6.10 Å². The van der Waals surface area contributed by atoms with Crippen LogP contribution in [-0.2, 0) is 0 Å². The van der Waals surface area contributed by atoms with Gasteiger partial charge in [0.25, 0.3) is 0 Å². The Kier molecular flexibility index (Phi) is 1.75. The van der Waals surface area contributed by atoms with Gasteiger partial charge in [-0.25, -0.2) is 0 Å². The summed E-state index contributed by atoms with van der Waals surface area (Å²) in [5.41, 5.74) is 3.47. The Balaban J connectivity index is 1.77. The molecule has 0 saturated heterocycles. The third-order valence-electron chi connectivity index (χ3n) is 4.04. The summed E-state index contributed by atoms with van der Waals surface area (Å²) in [6.45, 7) is 0. The molecule has 3 heterocycles. The number of fused-ring (bicyclic) bond motifs is 4. The summed E-state index contributed by atoms with van der Waals surface area (Å²) < 4.78 is 6.14. The Morgan fingerprint density at radius 2 is 1.95 bits per heavy atom. The summed E-state index contributed by atoms with van der Waals surface area (Å²) >= 11 is 0. The smallest absolute Gasteiger partial charge is 0.144 e. The van der Waals surface area contributed by atoms with Crippen LogP contribution in [-0.4, -0.2) is 16.1 Å². The monoisotopic (exact) mass is 260 g/mol. The van der Waals surface area contributed by atoms with Crippen LogP contribution in [0.5, 0.6) is 5.75 Å². The number of rotatable bonds is 0. The summed E-state index contributed by atoms with van der Waals surface area (Å²) in [7, 11) is 0. The summed E-state index contributed by atoms with van der Waals surface area (Å²) in [4.78, 5) is 6.47. The molecule has 1 aliphatic heterocycles. The maximum absolute atomic E-state index is 6.14. The van der Waals surface area contributed by atoms with Gasteiger partial charge in [0, 0.05) is 40.3 Å². The van der Waals surface area contributed by atoms with Gasteiger partial charge in [-0.1, -0.05) is 0 Å². The molecule has 5 rings (SSSR count). The number of aromatic nitrogens is 2. The van der Waals surface area contributed by atoms with E-state index in [2.05, 4.69) is 52.5 Å². The number of benzene rings is 1. The molecule has 1 aromatic carbocycles. The minimum atomic E-state index is 0.000984. The second kappa shape index (κ2) is 3.45. The molecule has 0 amide bonds. The third kappa shape index (κ3) is 1.29. The lowest BCUT2D eigenvalue weighted by molar-refractivity contribution is 0.298. The van der Waals surface area contributed by atoms with E-state index < -0.39 is 0 Å². The van der Waals surface area contributed by atoms with Gasteiger partial charge in [0.1, 0.15) is 11.9 Å². The molecule has 96 valence electrons. The molecule has 1 atom stereocenters. The Labute approximate surface area is 114 Å². The number of aromatic amines is 2. The van der Waals surface area contributed by atoms with Crippen LogP contribution in [0.25, 0.3) is 29.1 Å². The van der Waals surface area contributed by atoms with Gasteiger partial charge < -0.3 is 14.7 Å². The molecule has 2 N–H and O–H groups in total. The lowest BCUT2D eigenvalue weighted by Gasteiger charge is -2.25. The maximum atomic E-state index is 6.14. The quantitative estimate of drug-likeness (QED) is 0.637. The first-order chi connectivity index (χ1) is 9.87. The van der Waals surface area contributed by atoms with Crippen LogP contribution in [0, 0.1) is 0 Å². The highest BCUT2D eigenvalue weighted by Gasteiger charge is 2.22. The normalized spacial score (nSPS) is 19.0. The zero-order valence-corrected chi connectivity index (χ0v) is 10.7. The highest BCUT2D eigenvalue weighted by atomic mass is 16.5. The molecule has 0 spiro atoms. The fraction of sp³-hybridized carbons (Fsp3) is 0.0588. The third-order valence-corrected chi connectivity index (χ3v) is 4.04. The predicted octanol–water partition coefficient (Wildman–Crippen LogP) is 1.92. The van der Waals surface area contributed by atoms with Crippen LogP contribution < -0.4 is 15.3 Å². The molecule has 3 heteroatoms. The summed E-state index contributed by atoms with van der Waals surface area (Å²) in [6, 6.07) is 8.43. The van der Waals surface area contributed by atoms with E-state index in [0.29, 0.717) is 0 Å². The van der Waals surface area contributed by atoms with E-state index in [1.165, 1.54) is 16.2 Å². The molecule has 3 aromatic rings. The summed E-state index contributed by atoms with van der Waals surface area (Å²) in [6.07, 6.45) is 10.5. The molecule has 2 aliphatic rings. The highest BCUT2D eigenvalue weighted by Crippen LogP contribution is 2.34. The first kappa shape index (κ1) is 10.1. The molecular weight excluding hydrogens is 248 g/mol. The van der Waals surface area contributed by atoms with Crippen molar-refractivity contribution in [2.75, 3.05) is 0 Å². The van der Waals surface area contributed by atoms with E-state index in [1.807, 2.05) is 12.4 Å². The minimum absolute atomic E-state index is 0.000984. The zero-order chi connectivity index (χ0) is 13.1. The van der Waals surface area contributed by atoms with Crippen molar-refractivity contribution in [2.24, 2.45) is 0 Å². The van der Waals surface area contributed by atoms with Gasteiger partial charge >= 0.3 is 0 Å². The number of H-pyrrole nitrogens is 2. The standard InChI is InChI=1S/C17H12N2O/c1-3-18-14-8-16-12(5-10(1)14)7-13-6-11-2-4-19-15(11)9-17(13)20-16/h1-9,16,18-19H. The molecular formula is C17H12N2O. The number of ether oxygens (including phenoxy) is 1. The average molecular weight is 260 g/mol. The van der Waals surface area contributed by atoms with Gasteiger partial charge in [-0.3, -0.25) is 0 Å². The topological polar surface area (TPSA) is 40.8 Å². The fourth-order valence-corrected chi connectivity index (χ4v) is 3.03. The second-order valence-electron chi connectivity index (χ2n) is 5.30. The van der Waals surface area contributed by atoms with Crippen LogP contribution in [0.4, 0.5) is 0 Å². The molecule has 0 bridgehead atoms. The maximum Gasteiger partial charge on any atom is 0.144 e. The molecule has 0 saturated carbocycles. The van der Waals surface area contributed by atoms with Crippen LogP contribution >= 0.6 is 0 Å². The molecule has 3 nitrogen and oxygen atoms in total. The van der Waals surface area contributed by atoms with Crippen molar-refractivity contribution in [1.82, 2.24) is 9.97 Å². The predicted molar refractivity (Wildman–Crippen MR) is 79.7 cm³/mol. The average Bonchev–Trinajstić information content (AvgIpc) is 3.07. The van der Waals surface area contributed by atoms with Crippen molar-refractivity contribution in [3.05, 3.63) is 58.4 Å². The van der Waals surface area contributed by atoms with Gasteiger partial charge in [-0.2, -0.15) is 0 Å². The van der Waals surface area contributed by atoms with Crippen LogP contribution in [0.1, 0.15) is 5.56 Å². The number of hydrogen-bond acceptors (Lipinski definition) is 1. The molecule has 0 fully saturated rings. The van der Waals surface area contributed by atoms with Gasteiger partial charge in [0.05, 0.1) is 0 Å². The van der Waals surface area contributed by atoms with Crippen molar-refractivity contribution in [1.29, 1.82) is 0 Å². The van der Waals surface area contributed by atoms with Crippen molar-refractivity contribution in [3.63, 3.8) is 0 Å². The van der Waals surface area contributed by atoms with Crippen molar-refractivity contribution >= 4 is 29.1 Å². The Morgan fingerprint density at radius 1 is 1.00 bits per heavy atom.